The Morgan fingerprint density at radius 3 is 2.14 bits per heavy atom. The topological polar surface area (TPSA) is 12.5 Å². The predicted octanol–water partition coefficient (Wildman–Crippen LogP) is 1.97. The van der Waals surface area contributed by atoms with E-state index in [1.165, 1.54) is 5.69 Å². The van der Waals surface area contributed by atoms with Crippen LogP contribution in [0, 0.1) is 7.43 Å². The smallest absolute Gasteiger partial charge is 0.0642 e. The van der Waals surface area contributed by atoms with E-state index in [1.807, 2.05) is 6.07 Å². The van der Waals surface area contributed by atoms with Crippen molar-refractivity contribution in [2.24, 2.45) is 0 Å². The van der Waals surface area contributed by atoms with Crippen LogP contribution >= 0.6 is 0 Å². The van der Waals surface area contributed by atoms with Crippen LogP contribution in [0.2, 0.25) is 0 Å². The van der Waals surface area contributed by atoms with Gasteiger partial charge in [0.1, 0.15) is 0 Å². The summed E-state index contributed by atoms with van der Waals surface area (Å²) < 4.78 is 5.28. The maximum atomic E-state index is 5.28. The Kier molecular flexibility index (Phi) is 7.43. The quantitative estimate of drug-likeness (QED) is 0.721. The first-order chi connectivity index (χ1) is 5.97. The van der Waals surface area contributed by atoms with Gasteiger partial charge in [-0.05, 0) is 12.1 Å². The number of hydrogen-bond donors (Lipinski definition) is 0. The van der Waals surface area contributed by atoms with E-state index in [2.05, 4.69) is 29.2 Å². The van der Waals surface area contributed by atoms with Gasteiger partial charge in [-0.1, -0.05) is 18.2 Å². The molecule has 0 aliphatic carbocycles. The Bertz CT molecular complexity index is 234. The standard InChI is InChI=1S/C10H13NO.CH3.Y/c1-2-4-10(5-3-1)11-6-8-12-9-7-11;;/h1-5H,6-9H2;1H3;/q;-1;. The van der Waals surface area contributed by atoms with Gasteiger partial charge < -0.3 is 17.1 Å². The zero-order chi connectivity index (χ0) is 8.23. The van der Waals surface area contributed by atoms with Crippen LogP contribution in [0.5, 0.6) is 0 Å². The van der Waals surface area contributed by atoms with Gasteiger partial charge in [-0.3, -0.25) is 0 Å². The molecule has 1 aromatic carbocycles. The number of morpholine rings is 1. The summed E-state index contributed by atoms with van der Waals surface area (Å²) in [5, 5.41) is 0. The van der Waals surface area contributed by atoms with Gasteiger partial charge in [0.05, 0.1) is 13.2 Å². The molecule has 1 fully saturated rings. The Hall–Kier alpha value is 0.0839. The van der Waals surface area contributed by atoms with Crippen LogP contribution in [-0.4, -0.2) is 26.3 Å². The second-order valence-electron chi connectivity index (χ2n) is 2.93. The maximum absolute atomic E-state index is 5.28. The molecule has 0 unspecified atom stereocenters. The van der Waals surface area contributed by atoms with Crippen molar-refractivity contribution in [1.82, 2.24) is 0 Å². The molecule has 1 saturated heterocycles. The number of anilines is 1. The van der Waals surface area contributed by atoms with Gasteiger partial charge in [0.15, 0.2) is 0 Å². The third kappa shape index (κ3) is 3.68. The van der Waals surface area contributed by atoms with Gasteiger partial charge in [0.25, 0.3) is 0 Å². The fourth-order valence-electron chi connectivity index (χ4n) is 1.46. The van der Waals surface area contributed by atoms with E-state index in [0.29, 0.717) is 0 Å². The molecule has 0 bridgehead atoms. The monoisotopic (exact) mass is 267 g/mol. The molecular formula is C11H16NOY-. The SMILES string of the molecule is [CH3-].[Y].c1ccc(N2CCOCC2)cc1. The summed E-state index contributed by atoms with van der Waals surface area (Å²) in [6.07, 6.45) is 0. The van der Waals surface area contributed by atoms with E-state index in [4.69, 9.17) is 4.74 Å². The summed E-state index contributed by atoms with van der Waals surface area (Å²) in [7, 11) is 0. The van der Waals surface area contributed by atoms with Crippen LogP contribution in [-0.2, 0) is 37.4 Å². The molecule has 0 spiro atoms. The molecule has 1 heterocycles. The van der Waals surface area contributed by atoms with Crippen LogP contribution in [0.1, 0.15) is 0 Å². The van der Waals surface area contributed by atoms with Crippen molar-refractivity contribution in [3.63, 3.8) is 0 Å². The Morgan fingerprint density at radius 2 is 1.57 bits per heavy atom. The minimum absolute atomic E-state index is 0. The van der Waals surface area contributed by atoms with E-state index in [1.54, 1.807) is 0 Å². The minimum Gasteiger partial charge on any atom is -0.378 e. The summed E-state index contributed by atoms with van der Waals surface area (Å²) in [6.45, 7) is 3.75. The average molecular weight is 267 g/mol. The molecule has 1 aliphatic heterocycles. The van der Waals surface area contributed by atoms with E-state index in [9.17, 15) is 0 Å². The van der Waals surface area contributed by atoms with Gasteiger partial charge in [-0.2, -0.15) is 0 Å². The molecule has 0 saturated carbocycles. The summed E-state index contributed by atoms with van der Waals surface area (Å²) in [4.78, 5) is 2.35. The van der Waals surface area contributed by atoms with Crippen LogP contribution in [0.25, 0.3) is 0 Å². The molecule has 0 N–H and O–H groups in total. The number of rotatable bonds is 1. The van der Waals surface area contributed by atoms with Gasteiger partial charge in [0, 0.05) is 51.5 Å². The van der Waals surface area contributed by atoms with E-state index < -0.39 is 0 Å². The molecule has 1 aromatic rings. The molecule has 1 radical (unpaired) electrons. The molecule has 14 heavy (non-hydrogen) atoms. The van der Waals surface area contributed by atoms with Crippen molar-refractivity contribution in [3.8, 4) is 0 Å². The molecular weight excluding hydrogens is 251 g/mol. The van der Waals surface area contributed by atoms with Gasteiger partial charge in [0.2, 0.25) is 0 Å². The van der Waals surface area contributed by atoms with Crippen LogP contribution < -0.4 is 4.90 Å². The second kappa shape index (κ2) is 7.39. The van der Waals surface area contributed by atoms with Gasteiger partial charge >= 0.3 is 0 Å². The Labute approximate surface area is 112 Å². The molecule has 1 aliphatic rings. The fraction of sp³-hybridized carbons (Fsp3) is 0.364. The molecule has 3 heteroatoms. The first-order valence-corrected chi connectivity index (χ1v) is 4.34. The molecule has 2 rings (SSSR count). The Morgan fingerprint density at radius 1 is 1.00 bits per heavy atom. The average Bonchev–Trinajstić information content (AvgIpc) is 2.21. The Balaban J connectivity index is 0.000000845. The third-order valence-corrected chi connectivity index (χ3v) is 2.13. The first kappa shape index (κ1) is 14.1. The number of benzene rings is 1. The van der Waals surface area contributed by atoms with Crippen molar-refractivity contribution < 1.29 is 37.4 Å². The van der Waals surface area contributed by atoms with Gasteiger partial charge in [-0.25, -0.2) is 0 Å². The van der Waals surface area contributed by atoms with Crippen molar-refractivity contribution in [1.29, 1.82) is 0 Å². The number of ether oxygens (including phenoxy) is 1. The molecule has 0 atom stereocenters. The largest absolute Gasteiger partial charge is 0.378 e. The first-order valence-electron chi connectivity index (χ1n) is 4.34. The van der Waals surface area contributed by atoms with Crippen LogP contribution in [0.3, 0.4) is 0 Å². The predicted molar refractivity (Wildman–Crippen MR) is 55.9 cm³/mol. The van der Waals surface area contributed by atoms with Gasteiger partial charge in [-0.15, -0.1) is 0 Å². The number of nitrogens with zero attached hydrogens (tertiary/aromatic N) is 1. The van der Waals surface area contributed by atoms with Crippen molar-refractivity contribution in [2.75, 3.05) is 31.2 Å². The number of para-hydroxylation sites is 1. The molecule has 0 aromatic heterocycles. The van der Waals surface area contributed by atoms with E-state index in [0.717, 1.165) is 26.3 Å². The van der Waals surface area contributed by atoms with Crippen molar-refractivity contribution in [3.05, 3.63) is 37.8 Å². The number of hydrogen-bond acceptors (Lipinski definition) is 2. The van der Waals surface area contributed by atoms with E-state index in [-0.39, 0.29) is 40.1 Å². The molecule has 75 valence electrons. The maximum Gasteiger partial charge on any atom is 0.0642 e. The molecule has 0 amide bonds. The van der Waals surface area contributed by atoms with Crippen molar-refractivity contribution >= 4 is 5.69 Å². The fourth-order valence-corrected chi connectivity index (χ4v) is 1.46. The minimum atomic E-state index is 0. The summed E-state index contributed by atoms with van der Waals surface area (Å²) in [5.41, 5.74) is 1.31. The molecule has 2 nitrogen and oxygen atoms in total. The summed E-state index contributed by atoms with van der Waals surface area (Å²) in [5.74, 6) is 0. The van der Waals surface area contributed by atoms with E-state index >= 15 is 0 Å². The second-order valence-corrected chi connectivity index (χ2v) is 2.93. The normalized spacial score (nSPS) is 15.3. The van der Waals surface area contributed by atoms with Crippen LogP contribution in [0.15, 0.2) is 30.3 Å². The van der Waals surface area contributed by atoms with Crippen LogP contribution in [0.4, 0.5) is 5.69 Å². The van der Waals surface area contributed by atoms with Crippen molar-refractivity contribution in [2.45, 2.75) is 0 Å². The summed E-state index contributed by atoms with van der Waals surface area (Å²) >= 11 is 0. The third-order valence-electron chi connectivity index (χ3n) is 2.13. The zero-order valence-electron chi connectivity index (χ0n) is 8.65. The zero-order valence-corrected chi connectivity index (χ0v) is 11.5. The summed E-state index contributed by atoms with van der Waals surface area (Å²) in [6, 6.07) is 10.5.